The quantitative estimate of drug-likeness (QED) is 0.719. The Bertz CT molecular complexity index is 998. The highest BCUT2D eigenvalue weighted by Crippen LogP contribution is 2.31. The van der Waals surface area contributed by atoms with E-state index in [0.717, 1.165) is 43.0 Å². The van der Waals surface area contributed by atoms with Gasteiger partial charge in [0.25, 0.3) is 0 Å². The van der Waals surface area contributed by atoms with Crippen LogP contribution in [0.2, 0.25) is 0 Å². The van der Waals surface area contributed by atoms with Crippen LogP contribution >= 0.6 is 0 Å². The molecule has 4 rings (SSSR count). The predicted molar refractivity (Wildman–Crippen MR) is 115 cm³/mol. The van der Waals surface area contributed by atoms with Crippen molar-refractivity contribution in [2.45, 2.75) is 45.6 Å². The number of nitrogens with one attached hydrogen (secondary N) is 1. The minimum atomic E-state index is -0.0129. The summed E-state index contributed by atoms with van der Waals surface area (Å²) in [6.07, 6.45) is 2.18. The van der Waals surface area contributed by atoms with Gasteiger partial charge in [-0.25, -0.2) is 4.98 Å². The van der Waals surface area contributed by atoms with Crippen LogP contribution in [0.5, 0.6) is 0 Å². The molecule has 2 aromatic heterocycles. The minimum Gasteiger partial charge on any atom is -0.325 e. The lowest BCUT2D eigenvalue weighted by molar-refractivity contribution is -0.117. The van der Waals surface area contributed by atoms with Gasteiger partial charge in [0.15, 0.2) is 5.82 Å². The second-order valence-corrected chi connectivity index (χ2v) is 8.34. The number of fused-ring (bicyclic) bond motifs is 1. The summed E-state index contributed by atoms with van der Waals surface area (Å²) < 4.78 is 4.13. The molecule has 3 aromatic rings. The molecule has 0 bridgehead atoms. The van der Waals surface area contributed by atoms with Crippen LogP contribution in [0.1, 0.15) is 50.2 Å². The summed E-state index contributed by atoms with van der Waals surface area (Å²) in [6, 6.07) is 10.6. The van der Waals surface area contributed by atoms with Crippen LogP contribution in [0.4, 0.5) is 5.82 Å². The van der Waals surface area contributed by atoms with E-state index in [0.29, 0.717) is 24.3 Å². The largest absolute Gasteiger partial charge is 0.325 e. The van der Waals surface area contributed by atoms with E-state index in [2.05, 4.69) is 51.9 Å². The fourth-order valence-corrected chi connectivity index (χ4v) is 4.31. The van der Waals surface area contributed by atoms with E-state index in [1.54, 1.807) is 4.68 Å². The van der Waals surface area contributed by atoms with Gasteiger partial charge < -0.3 is 9.88 Å². The number of benzene rings is 1. The highest BCUT2D eigenvalue weighted by Gasteiger charge is 2.28. The van der Waals surface area contributed by atoms with Crippen molar-refractivity contribution in [3.8, 4) is 0 Å². The number of anilines is 1. The van der Waals surface area contributed by atoms with Crippen LogP contribution in [-0.2, 0) is 11.8 Å². The first-order valence-corrected chi connectivity index (χ1v) is 10.4. The van der Waals surface area contributed by atoms with Crippen LogP contribution < -0.4 is 5.32 Å². The summed E-state index contributed by atoms with van der Waals surface area (Å²) in [7, 11) is 1.88. The maximum atomic E-state index is 12.5. The van der Waals surface area contributed by atoms with Crippen LogP contribution in [0.25, 0.3) is 11.0 Å². The maximum Gasteiger partial charge on any atom is 0.239 e. The van der Waals surface area contributed by atoms with E-state index >= 15 is 0 Å². The summed E-state index contributed by atoms with van der Waals surface area (Å²) in [4.78, 5) is 19.8. The topological polar surface area (TPSA) is 68.0 Å². The first kappa shape index (κ1) is 19.6. The molecule has 1 aliphatic heterocycles. The summed E-state index contributed by atoms with van der Waals surface area (Å²) >= 11 is 0. The van der Waals surface area contributed by atoms with Gasteiger partial charge in [-0.1, -0.05) is 12.1 Å². The number of piperidine rings is 1. The second-order valence-electron chi connectivity index (χ2n) is 8.34. The van der Waals surface area contributed by atoms with Crippen molar-refractivity contribution in [1.82, 2.24) is 24.2 Å². The second kappa shape index (κ2) is 7.99. The molecule has 0 unspecified atom stereocenters. The lowest BCUT2D eigenvalue weighted by atomic mass is 9.97. The molecule has 7 nitrogen and oxygen atoms in total. The normalized spacial score (nSPS) is 17.9. The molecule has 154 valence electrons. The summed E-state index contributed by atoms with van der Waals surface area (Å²) in [6.45, 7) is 8.56. The molecule has 0 spiro atoms. The first-order chi connectivity index (χ1) is 13.9. The molecule has 1 saturated heterocycles. The van der Waals surface area contributed by atoms with Gasteiger partial charge in [-0.2, -0.15) is 5.10 Å². The lowest BCUT2D eigenvalue weighted by Gasteiger charge is -2.32. The number of likely N-dealkylation sites (tertiary alicyclic amines) is 1. The highest BCUT2D eigenvalue weighted by molar-refractivity contribution is 5.91. The summed E-state index contributed by atoms with van der Waals surface area (Å²) in [5, 5.41) is 7.24. The Labute approximate surface area is 171 Å². The van der Waals surface area contributed by atoms with E-state index in [1.165, 1.54) is 5.52 Å². The number of imidazole rings is 1. The van der Waals surface area contributed by atoms with E-state index in [9.17, 15) is 4.79 Å². The zero-order valence-corrected chi connectivity index (χ0v) is 17.7. The van der Waals surface area contributed by atoms with Gasteiger partial charge in [-0.3, -0.25) is 14.4 Å². The number of hydrogen-bond donors (Lipinski definition) is 1. The number of carbonyl (C=O) groups is 1. The van der Waals surface area contributed by atoms with E-state index in [1.807, 2.05) is 26.1 Å². The van der Waals surface area contributed by atoms with Crippen molar-refractivity contribution in [3.63, 3.8) is 0 Å². The van der Waals surface area contributed by atoms with Gasteiger partial charge in [0.2, 0.25) is 5.91 Å². The van der Waals surface area contributed by atoms with E-state index < -0.39 is 0 Å². The average molecular weight is 395 g/mol. The highest BCUT2D eigenvalue weighted by atomic mass is 16.2. The number of carbonyl (C=O) groups excluding carboxylic acids is 1. The number of aromatic nitrogens is 4. The van der Waals surface area contributed by atoms with Crippen molar-refractivity contribution in [1.29, 1.82) is 0 Å². The van der Waals surface area contributed by atoms with Crippen molar-refractivity contribution in [3.05, 3.63) is 41.9 Å². The SMILES string of the molecule is Cc1cc(NC(=O)CN2CCC[C@H](c3nc4ccccc4n3C(C)C)C2)nn1C. The minimum absolute atomic E-state index is 0.0129. The van der Waals surface area contributed by atoms with Gasteiger partial charge in [0.05, 0.1) is 17.6 Å². The van der Waals surface area contributed by atoms with E-state index in [-0.39, 0.29) is 5.91 Å². The third-order valence-electron chi connectivity index (χ3n) is 5.76. The third kappa shape index (κ3) is 4.05. The molecule has 0 aliphatic carbocycles. The number of para-hydroxylation sites is 2. The van der Waals surface area contributed by atoms with E-state index in [4.69, 9.17) is 4.98 Å². The maximum absolute atomic E-state index is 12.5. The Balaban J connectivity index is 1.48. The number of hydrogen-bond acceptors (Lipinski definition) is 4. The van der Waals surface area contributed by atoms with Crippen LogP contribution in [0, 0.1) is 6.92 Å². The Hall–Kier alpha value is -2.67. The predicted octanol–water partition coefficient (Wildman–Crippen LogP) is 3.48. The standard InChI is InChI=1S/C22H30N6O/c1-15(2)28-19-10-6-5-9-18(19)23-22(28)17-8-7-11-27(13-17)14-21(29)24-20-12-16(3)26(4)25-20/h5-6,9-10,12,15,17H,7-8,11,13-14H2,1-4H3,(H,24,25,29)/t17-/m0/s1. The molecule has 1 N–H and O–H groups in total. The van der Waals surface area contributed by atoms with Gasteiger partial charge in [0.1, 0.15) is 5.82 Å². The van der Waals surface area contributed by atoms with Gasteiger partial charge in [0, 0.05) is 37.3 Å². The Morgan fingerprint density at radius 2 is 2.10 bits per heavy atom. The molecule has 1 atom stereocenters. The Morgan fingerprint density at radius 1 is 1.31 bits per heavy atom. The molecule has 1 aliphatic rings. The molecule has 1 aromatic carbocycles. The first-order valence-electron chi connectivity index (χ1n) is 10.4. The van der Waals surface area contributed by atoms with Crippen LogP contribution in [0.15, 0.2) is 30.3 Å². The Morgan fingerprint density at radius 3 is 2.83 bits per heavy atom. The summed E-state index contributed by atoms with van der Waals surface area (Å²) in [5.74, 6) is 2.08. The zero-order valence-electron chi connectivity index (χ0n) is 17.7. The van der Waals surface area contributed by atoms with Crippen LogP contribution in [-0.4, -0.2) is 49.8 Å². The lowest BCUT2D eigenvalue weighted by Crippen LogP contribution is -2.40. The van der Waals surface area contributed by atoms with Crippen LogP contribution in [0.3, 0.4) is 0 Å². The Kier molecular flexibility index (Phi) is 5.41. The molecule has 1 amide bonds. The molecular formula is C22H30N6O. The fraction of sp³-hybridized carbons (Fsp3) is 0.500. The van der Waals surface area contributed by atoms with Crippen molar-refractivity contribution < 1.29 is 4.79 Å². The zero-order chi connectivity index (χ0) is 20.5. The fourth-order valence-electron chi connectivity index (χ4n) is 4.31. The molecule has 1 fully saturated rings. The van der Waals surface area contributed by atoms with Gasteiger partial charge in [-0.05, 0) is 52.3 Å². The number of nitrogens with zero attached hydrogens (tertiary/aromatic N) is 5. The smallest absolute Gasteiger partial charge is 0.239 e. The number of aryl methyl sites for hydroxylation is 2. The number of amides is 1. The molecule has 7 heteroatoms. The molecule has 0 radical (unpaired) electrons. The van der Waals surface area contributed by atoms with Gasteiger partial charge >= 0.3 is 0 Å². The number of rotatable bonds is 5. The van der Waals surface area contributed by atoms with Crippen molar-refractivity contribution in [2.24, 2.45) is 7.05 Å². The average Bonchev–Trinajstić information content (AvgIpc) is 3.21. The van der Waals surface area contributed by atoms with Gasteiger partial charge in [-0.15, -0.1) is 0 Å². The van der Waals surface area contributed by atoms with Crippen molar-refractivity contribution in [2.75, 3.05) is 25.0 Å². The molecule has 0 saturated carbocycles. The van der Waals surface area contributed by atoms with Crippen molar-refractivity contribution >= 4 is 22.8 Å². The third-order valence-corrected chi connectivity index (χ3v) is 5.76. The molecule has 29 heavy (non-hydrogen) atoms. The summed E-state index contributed by atoms with van der Waals surface area (Å²) in [5.41, 5.74) is 3.26. The monoisotopic (exact) mass is 394 g/mol. The molecular weight excluding hydrogens is 364 g/mol. The molecule has 3 heterocycles.